The van der Waals surface area contributed by atoms with Gasteiger partial charge < -0.3 is 11.1 Å². The van der Waals surface area contributed by atoms with E-state index in [1.807, 2.05) is 30.3 Å². The lowest BCUT2D eigenvalue weighted by Crippen LogP contribution is -2.49. The molecular weight excluding hydrogens is 230 g/mol. The van der Waals surface area contributed by atoms with Crippen LogP contribution in [0.4, 0.5) is 10.5 Å². The molecular formula is C12H11N5O. The first-order chi connectivity index (χ1) is 8.74. The van der Waals surface area contributed by atoms with Crippen LogP contribution in [0.25, 0.3) is 0 Å². The number of nitrogens with zero attached hydrogens (tertiary/aromatic N) is 3. The summed E-state index contributed by atoms with van der Waals surface area (Å²) in [4.78, 5) is 21.5. The molecule has 90 valence electrons. The number of urea groups is 1. The maximum atomic E-state index is 12.0. The van der Waals surface area contributed by atoms with Crippen LogP contribution in [0.1, 0.15) is 0 Å². The van der Waals surface area contributed by atoms with E-state index >= 15 is 0 Å². The van der Waals surface area contributed by atoms with Crippen LogP contribution >= 0.6 is 0 Å². The molecule has 0 saturated carbocycles. The fraction of sp³-hybridized carbons (Fsp3) is 0.0833. The van der Waals surface area contributed by atoms with Gasteiger partial charge in [0.05, 0.1) is 5.69 Å². The zero-order valence-corrected chi connectivity index (χ0v) is 9.45. The Hall–Kier alpha value is -2.63. The molecule has 0 fully saturated rings. The smallest absolute Gasteiger partial charge is 0.327 e. The highest BCUT2D eigenvalue weighted by atomic mass is 16.2. The summed E-state index contributed by atoms with van der Waals surface area (Å²) >= 11 is 0. The van der Waals surface area contributed by atoms with E-state index in [-0.39, 0.29) is 12.0 Å². The number of rotatable bonds is 1. The molecule has 0 radical (unpaired) electrons. The van der Waals surface area contributed by atoms with E-state index in [0.717, 1.165) is 11.3 Å². The number of hydrogen-bond acceptors (Lipinski definition) is 4. The first kappa shape index (κ1) is 10.5. The Balaban J connectivity index is 1.98. The normalized spacial score (nSPS) is 21.9. The van der Waals surface area contributed by atoms with Gasteiger partial charge in [0.15, 0.2) is 6.17 Å². The van der Waals surface area contributed by atoms with Crippen LogP contribution in [0.3, 0.4) is 0 Å². The minimum atomic E-state index is -0.435. The minimum Gasteiger partial charge on any atom is -0.368 e. The van der Waals surface area contributed by atoms with E-state index in [1.165, 1.54) is 4.90 Å². The molecule has 6 nitrogen and oxygen atoms in total. The van der Waals surface area contributed by atoms with Gasteiger partial charge in [-0.1, -0.05) is 18.2 Å². The van der Waals surface area contributed by atoms with Crippen LogP contribution in [-0.4, -0.2) is 24.4 Å². The third-order valence-electron chi connectivity index (χ3n) is 2.71. The molecule has 1 aromatic carbocycles. The first-order valence-electron chi connectivity index (χ1n) is 5.48. The molecule has 2 heterocycles. The zero-order valence-electron chi connectivity index (χ0n) is 9.45. The lowest BCUT2D eigenvalue weighted by Gasteiger charge is -2.29. The van der Waals surface area contributed by atoms with Crippen LogP contribution in [-0.2, 0) is 0 Å². The summed E-state index contributed by atoms with van der Waals surface area (Å²) in [5.74, 6) is 0.172. The number of hydrogen-bond donors (Lipinski definition) is 2. The van der Waals surface area contributed by atoms with Crippen molar-refractivity contribution in [3.63, 3.8) is 0 Å². The van der Waals surface area contributed by atoms with Crippen molar-refractivity contribution in [3.05, 3.63) is 42.1 Å². The van der Waals surface area contributed by atoms with E-state index in [0.29, 0.717) is 0 Å². The van der Waals surface area contributed by atoms with Gasteiger partial charge in [-0.2, -0.15) is 0 Å². The zero-order chi connectivity index (χ0) is 12.5. The van der Waals surface area contributed by atoms with Crippen molar-refractivity contribution >= 4 is 23.9 Å². The Morgan fingerprint density at radius 1 is 1.28 bits per heavy atom. The fourth-order valence-electron chi connectivity index (χ4n) is 1.85. The Labute approximate surface area is 104 Å². The fourth-order valence-corrected chi connectivity index (χ4v) is 1.85. The Morgan fingerprint density at radius 2 is 2.06 bits per heavy atom. The quantitative estimate of drug-likeness (QED) is 0.763. The van der Waals surface area contributed by atoms with Crippen LogP contribution < -0.4 is 16.0 Å². The average molecular weight is 241 g/mol. The van der Waals surface area contributed by atoms with Crippen LogP contribution in [0.15, 0.2) is 52.1 Å². The van der Waals surface area contributed by atoms with Crippen LogP contribution in [0.5, 0.6) is 0 Å². The maximum absolute atomic E-state index is 12.0. The van der Waals surface area contributed by atoms with E-state index < -0.39 is 6.17 Å². The lowest BCUT2D eigenvalue weighted by molar-refractivity contribution is 0.245. The Kier molecular flexibility index (Phi) is 2.33. The molecule has 1 aromatic rings. The number of benzene rings is 1. The topological polar surface area (TPSA) is 83.1 Å². The second-order valence-electron chi connectivity index (χ2n) is 3.93. The molecule has 1 unspecified atom stereocenters. The Bertz CT molecular complexity index is 575. The molecule has 1 atom stereocenters. The second kappa shape index (κ2) is 3.99. The molecule has 0 aliphatic carbocycles. The summed E-state index contributed by atoms with van der Waals surface area (Å²) in [7, 11) is 0. The van der Waals surface area contributed by atoms with Gasteiger partial charge >= 0.3 is 6.03 Å². The highest BCUT2D eigenvalue weighted by Gasteiger charge is 2.27. The summed E-state index contributed by atoms with van der Waals surface area (Å²) in [6.45, 7) is 0. The molecule has 6 heteroatoms. The monoisotopic (exact) mass is 241 g/mol. The molecule has 3 rings (SSSR count). The van der Waals surface area contributed by atoms with Gasteiger partial charge in [-0.3, -0.25) is 4.90 Å². The molecule has 0 saturated heterocycles. The molecule has 0 bridgehead atoms. The number of nitrogens with two attached hydrogens (primary N) is 1. The van der Waals surface area contributed by atoms with Gasteiger partial charge in [0.25, 0.3) is 0 Å². The van der Waals surface area contributed by atoms with Gasteiger partial charge in [-0.15, -0.1) is 0 Å². The van der Waals surface area contributed by atoms with Crippen LogP contribution in [0, 0.1) is 0 Å². The summed E-state index contributed by atoms with van der Waals surface area (Å²) in [6.07, 6.45) is 2.90. The summed E-state index contributed by atoms with van der Waals surface area (Å²) < 4.78 is 0. The van der Waals surface area contributed by atoms with Crippen LogP contribution in [0.2, 0.25) is 0 Å². The van der Waals surface area contributed by atoms with Crippen molar-refractivity contribution in [2.24, 2.45) is 15.7 Å². The predicted octanol–water partition coefficient (Wildman–Crippen LogP) is 0.825. The molecule has 18 heavy (non-hydrogen) atoms. The summed E-state index contributed by atoms with van der Waals surface area (Å²) in [6, 6.07) is 9.12. The van der Waals surface area contributed by atoms with Gasteiger partial charge in [-0.25, -0.2) is 14.8 Å². The molecule has 0 spiro atoms. The third kappa shape index (κ3) is 1.73. The van der Waals surface area contributed by atoms with Crippen molar-refractivity contribution in [1.82, 2.24) is 5.32 Å². The molecule has 3 N–H and O–H groups in total. The van der Waals surface area contributed by atoms with Gasteiger partial charge in [0.1, 0.15) is 0 Å². The number of carbonyl (C=O) groups is 1. The lowest BCUT2D eigenvalue weighted by atomic mass is 10.2. The number of anilines is 1. The number of carbonyl (C=O) groups excluding carboxylic acids is 1. The SMILES string of the molecule is NC1=NC2NC(=O)N(c3ccccc3)C=C2C=N1. The number of para-hydroxylation sites is 1. The van der Waals surface area contributed by atoms with E-state index in [4.69, 9.17) is 5.73 Å². The highest BCUT2D eigenvalue weighted by Crippen LogP contribution is 2.20. The Morgan fingerprint density at radius 3 is 2.83 bits per heavy atom. The molecule has 2 amide bonds. The van der Waals surface area contributed by atoms with Crippen molar-refractivity contribution < 1.29 is 4.79 Å². The highest BCUT2D eigenvalue weighted by molar-refractivity contribution is 6.02. The largest absolute Gasteiger partial charge is 0.368 e. The standard InChI is InChI=1S/C12H11N5O/c13-11-14-6-8-7-17(9-4-2-1-3-5-9)12(18)16-10(8)15-11/h1-7,10H,(H2,13,15)(H,16,18). The summed E-state index contributed by atoms with van der Waals surface area (Å²) in [5.41, 5.74) is 7.08. The van der Waals surface area contributed by atoms with Crippen molar-refractivity contribution in [1.29, 1.82) is 0 Å². The molecule has 2 aliphatic rings. The van der Waals surface area contributed by atoms with E-state index in [1.54, 1.807) is 12.4 Å². The predicted molar refractivity (Wildman–Crippen MR) is 69.4 cm³/mol. The minimum absolute atomic E-state index is 0.172. The third-order valence-corrected chi connectivity index (χ3v) is 2.71. The van der Waals surface area contributed by atoms with E-state index in [2.05, 4.69) is 15.3 Å². The van der Waals surface area contributed by atoms with Gasteiger partial charge in [-0.05, 0) is 12.1 Å². The average Bonchev–Trinajstić information content (AvgIpc) is 2.39. The van der Waals surface area contributed by atoms with Gasteiger partial charge in [0.2, 0.25) is 5.96 Å². The van der Waals surface area contributed by atoms with Crippen molar-refractivity contribution in [2.75, 3.05) is 4.90 Å². The van der Waals surface area contributed by atoms with Crippen molar-refractivity contribution in [2.45, 2.75) is 6.17 Å². The van der Waals surface area contributed by atoms with Crippen molar-refractivity contribution in [3.8, 4) is 0 Å². The first-order valence-corrected chi connectivity index (χ1v) is 5.48. The number of fused-ring (bicyclic) bond motifs is 1. The van der Waals surface area contributed by atoms with E-state index in [9.17, 15) is 4.79 Å². The van der Waals surface area contributed by atoms with Gasteiger partial charge in [0, 0.05) is 18.0 Å². The maximum Gasteiger partial charge on any atom is 0.327 e. The summed E-state index contributed by atoms with van der Waals surface area (Å²) in [5, 5.41) is 2.76. The number of nitrogens with one attached hydrogen (secondary N) is 1. The number of guanidine groups is 1. The number of amides is 2. The number of aliphatic imine (C=N–C) groups is 2. The molecule has 0 aromatic heterocycles. The molecule has 2 aliphatic heterocycles. The second-order valence-corrected chi connectivity index (χ2v) is 3.93.